The summed E-state index contributed by atoms with van der Waals surface area (Å²) in [5.41, 5.74) is 0.848. The van der Waals surface area contributed by atoms with Crippen LogP contribution in [0.2, 0.25) is 4.34 Å². The maximum Gasteiger partial charge on any atom is 0.216 e. The highest BCUT2D eigenvalue weighted by atomic mass is 35.5. The zero-order valence-corrected chi connectivity index (χ0v) is 11.4. The zero-order valence-electron chi connectivity index (χ0n) is 9.06. The molecule has 0 aliphatic rings. The molecule has 0 aliphatic heterocycles. The molecule has 0 spiro atoms. The van der Waals surface area contributed by atoms with Crippen LogP contribution in [-0.2, 0) is 6.42 Å². The second kappa shape index (κ2) is 5.67. The summed E-state index contributed by atoms with van der Waals surface area (Å²) < 4.78 is 5.78. The predicted octanol–water partition coefficient (Wildman–Crippen LogP) is 3.72. The van der Waals surface area contributed by atoms with E-state index in [4.69, 9.17) is 27.9 Å². The third-order valence-electron chi connectivity index (χ3n) is 2.20. The first-order chi connectivity index (χ1) is 8.19. The number of alkyl halides is 1. The number of rotatable bonds is 4. The average Bonchev–Trinajstić information content (AvgIpc) is 2.76. The van der Waals surface area contributed by atoms with Gasteiger partial charge in [-0.3, -0.25) is 0 Å². The van der Waals surface area contributed by atoms with Crippen molar-refractivity contribution in [2.24, 2.45) is 0 Å². The summed E-state index contributed by atoms with van der Waals surface area (Å²) in [4.78, 5) is 9.14. The average molecular weight is 289 g/mol. The molecule has 0 saturated heterocycles. The Morgan fingerprint density at radius 3 is 2.88 bits per heavy atom. The smallest absolute Gasteiger partial charge is 0.216 e. The topological polar surface area (TPSA) is 35.0 Å². The third kappa shape index (κ3) is 3.31. The van der Waals surface area contributed by atoms with E-state index in [2.05, 4.69) is 9.97 Å². The van der Waals surface area contributed by atoms with Crippen LogP contribution in [0.1, 0.15) is 15.9 Å². The number of thiophene rings is 1. The normalized spacial score (nSPS) is 12.4. The number of aromatic nitrogens is 2. The minimum atomic E-state index is -0.132. The largest absolute Gasteiger partial charge is 0.481 e. The van der Waals surface area contributed by atoms with E-state index in [0.717, 1.165) is 14.9 Å². The van der Waals surface area contributed by atoms with Gasteiger partial charge < -0.3 is 4.74 Å². The second-order valence-corrected chi connectivity index (χ2v) is 5.64. The molecule has 0 bridgehead atoms. The summed E-state index contributed by atoms with van der Waals surface area (Å²) in [5, 5.41) is -0.132. The molecule has 2 rings (SSSR count). The maximum atomic E-state index is 6.30. The number of nitrogens with zero attached hydrogens (tertiary/aromatic N) is 2. The Labute approximate surface area is 113 Å². The van der Waals surface area contributed by atoms with E-state index in [1.807, 2.05) is 12.1 Å². The van der Waals surface area contributed by atoms with Crippen molar-refractivity contribution < 1.29 is 4.74 Å². The van der Waals surface area contributed by atoms with E-state index in [-0.39, 0.29) is 5.38 Å². The molecule has 0 aromatic carbocycles. The molecule has 17 heavy (non-hydrogen) atoms. The van der Waals surface area contributed by atoms with Crippen LogP contribution in [0.5, 0.6) is 5.88 Å². The minimum absolute atomic E-state index is 0.132. The molecular weight excluding hydrogens is 279 g/mol. The van der Waals surface area contributed by atoms with E-state index in [1.54, 1.807) is 13.2 Å². The molecule has 2 aromatic rings. The SMILES string of the molecule is COc1cc(CC(Cl)c2ccc(Cl)s2)ncn1. The van der Waals surface area contributed by atoms with Crippen molar-refractivity contribution in [1.82, 2.24) is 9.97 Å². The standard InChI is InChI=1S/C11H10Cl2N2OS/c1-16-11-5-7(14-6-15-11)4-8(12)9-2-3-10(13)17-9/h2-3,5-6,8H,4H2,1H3. The van der Waals surface area contributed by atoms with E-state index < -0.39 is 0 Å². The van der Waals surface area contributed by atoms with Crippen molar-refractivity contribution in [2.75, 3.05) is 7.11 Å². The second-order valence-electron chi connectivity index (χ2n) is 3.37. The molecule has 2 heterocycles. The van der Waals surface area contributed by atoms with Crippen molar-refractivity contribution in [1.29, 1.82) is 0 Å². The first-order valence-corrected chi connectivity index (χ1v) is 6.56. The van der Waals surface area contributed by atoms with Gasteiger partial charge in [-0.1, -0.05) is 11.6 Å². The van der Waals surface area contributed by atoms with Gasteiger partial charge in [-0.05, 0) is 12.1 Å². The summed E-state index contributed by atoms with van der Waals surface area (Å²) in [6.07, 6.45) is 2.09. The Hall–Kier alpha value is -0.840. The van der Waals surface area contributed by atoms with Crippen molar-refractivity contribution >= 4 is 34.5 Å². The summed E-state index contributed by atoms with van der Waals surface area (Å²) in [5.74, 6) is 0.545. The lowest BCUT2D eigenvalue weighted by atomic mass is 10.2. The van der Waals surface area contributed by atoms with Crippen molar-refractivity contribution in [3.05, 3.63) is 39.4 Å². The zero-order chi connectivity index (χ0) is 12.3. The van der Waals surface area contributed by atoms with Crippen LogP contribution in [0.15, 0.2) is 24.5 Å². The molecule has 0 aliphatic carbocycles. The van der Waals surface area contributed by atoms with E-state index in [0.29, 0.717) is 12.3 Å². The molecular formula is C11H10Cl2N2OS. The van der Waals surface area contributed by atoms with E-state index in [1.165, 1.54) is 17.7 Å². The summed E-state index contributed by atoms with van der Waals surface area (Å²) in [7, 11) is 1.57. The molecule has 0 radical (unpaired) electrons. The van der Waals surface area contributed by atoms with Crippen molar-refractivity contribution in [3.8, 4) is 5.88 Å². The van der Waals surface area contributed by atoms with Crippen LogP contribution in [0.4, 0.5) is 0 Å². The number of hydrogen-bond donors (Lipinski definition) is 0. The monoisotopic (exact) mass is 288 g/mol. The molecule has 1 atom stereocenters. The van der Waals surface area contributed by atoms with Gasteiger partial charge in [0, 0.05) is 23.1 Å². The molecule has 0 saturated carbocycles. The third-order valence-corrected chi connectivity index (χ3v) is 4.06. The van der Waals surface area contributed by atoms with Gasteiger partial charge in [-0.15, -0.1) is 22.9 Å². The quantitative estimate of drug-likeness (QED) is 0.805. The lowest BCUT2D eigenvalue weighted by Gasteiger charge is -2.07. The molecule has 90 valence electrons. The number of methoxy groups -OCH3 is 1. The first kappa shape index (κ1) is 12.6. The molecule has 0 amide bonds. The fourth-order valence-electron chi connectivity index (χ4n) is 1.38. The Balaban J connectivity index is 2.09. The Morgan fingerprint density at radius 2 is 2.24 bits per heavy atom. The maximum absolute atomic E-state index is 6.30. The van der Waals surface area contributed by atoms with Crippen LogP contribution in [-0.4, -0.2) is 17.1 Å². The van der Waals surface area contributed by atoms with Gasteiger partial charge in [0.05, 0.1) is 16.8 Å². The molecule has 0 N–H and O–H groups in total. The van der Waals surface area contributed by atoms with Crippen LogP contribution < -0.4 is 4.74 Å². The van der Waals surface area contributed by atoms with Gasteiger partial charge >= 0.3 is 0 Å². The first-order valence-electron chi connectivity index (χ1n) is 4.93. The highest BCUT2D eigenvalue weighted by Crippen LogP contribution is 2.32. The number of ether oxygens (including phenoxy) is 1. The molecule has 2 aromatic heterocycles. The predicted molar refractivity (Wildman–Crippen MR) is 70.2 cm³/mol. The summed E-state index contributed by atoms with van der Waals surface area (Å²) in [6, 6.07) is 5.56. The Morgan fingerprint density at radius 1 is 1.41 bits per heavy atom. The van der Waals surface area contributed by atoms with Gasteiger partial charge in [0.15, 0.2) is 0 Å². The van der Waals surface area contributed by atoms with Gasteiger partial charge in [-0.25, -0.2) is 9.97 Å². The molecule has 1 unspecified atom stereocenters. The van der Waals surface area contributed by atoms with Gasteiger partial charge in [-0.2, -0.15) is 0 Å². The summed E-state index contributed by atoms with van der Waals surface area (Å²) in [6.45, 7) is 0. The van der Waals surface area contributed by atoms with Crippen LogP contribution in [0.3, 0.4) is 0 Å². The van der Waals surface area contributed by atoms with Crippen molar-refractivity contribution in [2.45, 2.75) is 11.8 Å². The minimum Gasteiger partial charge on any atom is -0.481 e. The fraction of sp³-hybridized carbons (Fsp3) is 0.273. The van der Waals surface area contributed by atoms with Crippen molar-refractivity contribution in [3.63, 3.8) is 0 Å². The highest BCUT2D eigenvalue weighted by Gasteiger charge is 2.12. The number of halogens is 2. The lowest BCUT2D eigenvalue weighted by molar-refractivity contribution is 0.396. The van der Waals surface area contributed by atoms with Crippen LogP contribution >= 0.6 is 34.5 Å². The van der Waals surface area contributed by atoms with Gasteiger partial charge in [0.1, 0.15) is 6.33 Å². The van der Waals surface area contributed by atoms with Crippen LogP contribution in [0.25, 0.3) is 0 Å². The Bertz CT molecular complexity index is 504. The van der Waals surface area contributed by atoms with Crippen LogP contribution in [0, 0.1) is 0 Å². The van der Waals surface area contributed by atoms with E-state index >= 15 is 0 Å². The summed E-state index contributed by atoms with van der Waals surface area (Å²) >= 11 is 13.7. The Kier molecular flexibility index (Phi) is 4.20. The number of hydrogen-bond acceptors (Lipinski definition) is 4. The van der Waals surface area contributed by atoms with Gasteiger partial charge in [0.25, 0.3) is 0 Å². The fourth-order valence-corrected chi connectivity index (χ4v) is 2.78. The highest BCUT2D eigenvalue weighted by molar-refractivity contribution is 7.16. The molecule has 0 fully saturated rings. The van der Waals surface area contributed by atoms with E-state index in [9.17, 15) is 0 Å². The lowest BCUT2D eigenvalue weighted by Crippen LogP contribution is -1.98. The van der Waals surface area contributed by atoms with Gasteiger partial charge in [0.2, 0.25) is 5.88 Å². The molecule has 6 heteroatoms. The molecule has 3 nitrogen and oxygen atoms in total.